The zero-order valence-electron chi connectivity index (χ0n) is 16.0. The molecule has 0 fully saturated rings. The fourth-order valence-corrected chi connectivity index (χ4v) is 3.78. The quantitative estimate of drug-likeness (QED) is 0.657. The van der Waals surface area contributed by atoms with Crippen molar-refractivity contribution in [2.24, 2.45) is 0 Å². The van der Waals surface area contributed by atoms with Crippen LogP contribution in [0.3, 0.4) is 0 Å². The number of hydrogen-bond acceptors (Lipinski definition) is 9. The molecule has 1 aliphatic rings. The first kappa shape index (κ1) is 21.3. The molecule has 0 unspecified atom stereocenters. The molecule has 2 heterocycles. The highest BCUT2D eigenvalue weighted by atomic mass is 32.1. The van der Waals surface area contributed by atoms with E-state index >= 15 is 0 Å². The Bertz CT molecular complexity index is 1020. The van der Waals surface area contributed by atoms with Crippen LogP contribution in [0, 0.1) is 6.92 Å². The Morgan fingerprint density at radius 2 is 1.77 bits per heavy atom. The van der Waals surface area contributed by atoms with Crippen LogP contribution in [-0.2, 0) is 14.3 Å². The van der Waals surface area contributed by atoms with Crippen LogP contribution in [0.1, 0.15) is 25.6 Å². The molecule has 1 aliphatic heterocycles. The van der Waals surface area contributed by atoms with Gasteiger partial charge < -0.3 is 29.6 Å². The molecule has 1 amide bonds. The van der Waals surface area contributed by atoms with Crippen LogP contribution >= 0.6 is 11.3 Å². The third-order valence-electron chi connectivity index (χ3n) is 4.01. The number of hydrogen-bond donors (Lipinski definition) is 2. The first-order valence-electron chi connectivity index (χ1n) is 8.38. The van der Waals surface area contributed by atoms with Crippen molar-refractivity contribution in [1.82, 2.24) is 0 Å². The van der Waals surface area contributed by atoms with E-state index in [0.29, 0.717) is 11.3 Å². The van der Waals surface area contributed by atoms with Gasteiger partial charge >= 0.3 is 18.2 Å². The van der Waals surface area contributed by atoms with E-state index in [4.69, 9.17) is 4.74 Å². The van der Waals surface area contributed by atoms with Crippen molar-refractivity contribution in [3.05, 3.63) is 34.2 Å². The minimum Gasteiger partial charge on any atom is -0.465 e. The molecular formula is C18H16F2N2O7S. The minimum atomic E-state index is -3.74. The zero-order chi connectivity index (χ0) is 22.1. The van der Waals surface area contributed by atoms with E-state index in [9.17, 15) is 23.2 Å². The molecule has 0 radical (unpaired) electrons. The van der Waals surface area contributed by atoms with Gasteiger partial charge in [0.05, 0.1) is 26.3 Å². The van der Waals surface area contributed by atoms with Gasteiger partial charge in [-0.1, -0.05) is 0 Å². The lowest BCUT2D eigenvalue weighted by atomic mass is 10.1. The molecular weight excluding hydrogens is 426 g/mol. The van der Waals surface area contributed by atoms with E-state index in [1.165, 1.54) is 39.3 Å². The summed E-state index contributed by atoms with van der Waals surface area (Å²) in [6, 6.07) is 3.96. The highest BCUT2D eigenvalue weighted by molar-refractivity contribution is 7.18. The van der Waals surface area contributed by atoms with Gasteiger partial charge in [0.15, 0.2) is 11.5 Å². The van der Waals surface area contributed by atoms with E-state index in [-0.39, 0.29) is 33.5 Å². The van der Waals surface area contributed by atoms with Gasteiger partial charge in [-0.05, 0) is 24.6 Å². The third kappa shape index (κ3) is 4.27. The first-order chi connectivity index (χ1) is 14.1. The maximum atomic E-state index is 13.1. The Morgan fingerprint density at radius 1 is 1.10 bits per heavy atom. The van der Waals surface area contributed by atoms with Crippen molar-refractivity contribution in [3.8, 4) is 11.5 Å². The molecule has 0 saturated carbocycles. The Labute approximate surface area is 172 Å². The number of benzene rings is 1. The Morgan fingerprint density at radius 3 is 2.43 bits per heavy atom. The molecule has 1 aromatic heterocycles. The van der Waals surface area contributed by atoms with Crippen LogP contribution in [0.2, 0.25) is 0 Å². The maximum absolute atomic E-state index is 13.1. The lowest BCUT2D eigenvalue weighted by molar-refractivity contribution is -0.286. The largest absolute Gasteiger partial charge is 0.586 e. The third-order valence-corrected chi connectivity index (χ3v) is 5.20. The molecule has 0 spiro atoms. The SMILES string of the molecule is COC(=O)c1sc(NC(=O)CNc2ccc3c(c2)OC(F)(F)O3)c(C(=O)OC)c1C. The van der Waals surface area contributed by atoms with E-state index in [1.807, 2.05) is 0 Å². The maximum Gasteiger partial charge on any atom is 0.586 e. The van der Waals surface area contributed by atoms with Crippen LogP contribution in [0.25, 0.3) is 0 Å². The number of amides is 1. The molecule has 0 atom stereocenters. The summed E-state index contributed by atoms with van der Waals surface area (Å²) >= 11 is 0.874. The number of rotatable bonds is 6. The van der Waals surface area contributed by atoms with Crippen molar-refractivity contribution >= 4 is 39.9 Å². The average Bonchev–Trinajstić information content (AvgIpc) is 3.19. The summed E-state index contributed by atoms with van der Waals surface area (Å²) in [5.41, 5.74) is 0.691. The van der Waals surface area contributed by atoms with E-state index in [0.717, 1.165) is 11.3 Å². The lowest BCUT2D eigenvalue weighted by Gasteiger charge is -2.08. The molecule has 9 nitrogen and oxygen atoms in total. The first-order valence-corrected chi connectivity index (χ1v) is 9.20. The highest BCUT2D eigenvalue weighted by Crippen LogP contribution is 2.42. The number of ether oxygens (including phenoxy) is 4. The smallest absolute Gasteiger partial charge is 0.465 e. The molecule has 2 N–H and O–H groups in total. The topological polar surface area (TPSA) is 112 Å². The van der Waals surface area contributed by atoms with E-state index in [1.54, 1.807) is 0 Å². The monoisotopic (exact) mass is 442 g/mol. The number of methoxy groups -OCH3 is 2. The van der Waals surface area contributed by atoms with E-state index < -0.39 is 24.1 Å². The number of anilines is 2. The Hall–Kier alpha value is -3.41. The standard InChI is InChI=1S/C18H16F2N2O7S/c1-8-13(16(24)26-2)15(30-14(8)17(25)27-3)22-12(23)7-21-9-4-5-10-11(6-9)29-18(19,20)28-10/h4-6,21H,7H2,1-3H3,(H,22,23). The second-order valence-electron chi connectivity index (χ2n) is 5.97. The van der Waals surface area contributed by atoms with Crippen molar-refractivity contribution < 1.29 is 42.1 Å². The zero-order valence-corrected chi connectivity index (χ0v) is 16.8. The van der Waals surface area contributed by atoms with Gasteiger partial charge in [0, 0.05) is 11.8 Å². The van der Waals surface area contributed by atoms with E-state index in [2.05, 4.69) is 24.8 Å². The summed E-state index contributed by atoms with van der Waals surface area (Å²) in [7, 11) is 2.37. The number of thiophene rings is 1. The Kier molecular flexibility index (Phi) is 5.78. The molecule has 0 saturated heterocycles. The fourth-order valence-electron chi connectivity index (χ4n) is 2.65. The molecule has 0 aliphatic carbocycles. The van der Waals surface area contributed by atoms with Gasteiger partial charge in [0.2, 0.25) is 5.91 Å². The van der Waals surface area contributed by atoms with Gasteiger partial charge in [0.1, 0.15) is 9.88 Å². The number of esters is 2. The normalized spacial score (nSPS) is 13.5. The number of carbonyl (C=O) groups excluding carboxylic acids is 3. The molecule has 2 aromatic rings. The Balaban J connectivity index is 1.71. The predicted octanol–water partition coefficient (Wildman–Crippen LogP) is 3.00. The van der Waals surface area contributed by atoms with Crippen LogP contribution in [0.15, 0.2) is 18.2 Å². The number of halogens is 2. The predicted molar refractivity (Wildman–Crippen MR) is 101 cm³/mol. The molecule has 3 rings (SSSR count). The number of nitrogens with one attached hydrogen (secondary N) is 2. The van der Waals surface area contributed by atoms with Gasteiger partial charge in [-0.25, -0.2) is 9.59 Å². The lowest BCUT2D eigenvalue weighted by Crippen LogP contribution is -2.25. The van der Waals surface area contributed by atoms with Crippen molar-refractivity contribution in [1.29, 1.82) is 0 Å². The van der Waals surface area contributed by atoms with Crippen molar-refractivity contribution in [2.75, 3.05) is 31.4 Å². The summed E-state index contributed by atoms with van der Waals surface area (Å²) in [5.74, 6) is -2.23. The molecule has 12 heteroatoms. The van der Waals surface area contributed by atoms with Crippen LogP contribution in [0.4, 0.5) is 19.5 Å². The summed E-state index contributed by atoms with van der Waals surface area (Å²) in [4.78, 5) is 36.4. The second-order valence-corrected chi connectivity index (χ2v) is 6.99. The fraction of sp³-hybridized carbons (Fsp3) is 0.278. The van der Waals surface area contributed by atoms with Crippen molar-refractivity contribution in [2.45, 2.75) is 13.2 Å². The molecule has 160 valence electrons. The van der Waals surface area contributed by atoms with Crippen LogP contribution in [-0.4, -0.2) is 44.9 Å². The van der Waals surface area contributed by atoms with Crippen molar-refractivity contribution in [3.63, 3.8) is 0 Å². The summed E-state index contributed by atoms with van der Waals surface area (Å²) in [5, 5.41) is 5.40. The average molecular weight is 442 g/mol. The van der Waals surface area contributed by atoms with Gasteiger partial charge in [-0.15, -0.1) is 20.1 Å². The summed E-state index contributed by atoms with van der Waals surface area (Å²) in [6.07, 6.45) is -3.74. The van der Waals surface area contributed by atoms with Gasteiger partial charge in [-0.3, -0.25) is 4.79 Å². The highest BCUT2D eigenvalue weighted by Gasteiger charge is 2.43. The molecule has 0 bridgehead atoms. The number of alkyl halides is 2. The number of fused-ring (bicyclic) bond motifs is 1. The van der Waals surface area contributed by atoms with Crippen LogP contribution in [0.5, 0.6) is 11.5 Å². The summed E-state index contributed by atoms with van der Waals surface area (Å²) in [6.45, 7) is 1.27. The second kappa shape index (κ2) is 8.14. The molecule has 1 aromatic carbocycles. The molecule has 30 heavy (non-hydrogen) atoms. The summed E-state index contributed by atoms with van der Waals surface area (Å²) < 4.78 is 44.2. The van der Waals surface area contributed by atoms with Gasteiger partial charge in [-0.2, -0.15) is 0 Å². The van der Waals surface area contributed by atoms with Crippen LogP contribution < -0.4 is 20.1 Å². The van der Waals surface area contributed by atoms with Gasteiger partial charge in [0.25, 0.3) is 0 Å². The minimum absolute atomic E-state index is 0.0431. The number of carbonyl (C=O) groups is 3.